The zero-order chi connectivity index (χ0) is 42.6. The minimum Gasteiger partial charge on any atom is -0.445 e. The zero-order valence-corrected chi connectivity index (χ0v) is 27.7. The Balaban J connectivity index is 1.66. The van der Waals surface area contributed by atoms with E-state index in [2.05, 4.69) is 15.6 Å². The van der Waals surface area contributed by atoms with Crippen LogP contribution in [0.5, 0.6) is 0 Å². The van der Waals surface area contributed by atoms with Crippen LogP contribution in [0.25, 0.3) is 0 Å². The van der Waals surface area contributed by atoms with Crippen molar-refractivity contribution in [1.29, 1.82) is 0 Å². The quantitative estimate of drug-likeness (QED) is 0.133. The van der Waals surface area contributed by atoms with Crippen molar-refractivity contribution >= 4 is 12.0 Å². The van der Waals surface area contributed by atoms with Crippen molar-refractivity contribution in [2.75, 3.05) is 0 Å². The molecule has 2 amide bonds. The molecular weight excluding hydrogens is 809 g/mol. The minimum atomic E-state index is -8.69. The summed E-state index contributed by atoms with van der Waals surface area (Å²) in [6.45, 7) is -0.527. The second kappa shape index (κ2) is 16.3. The molecule has 56 heavy (non-hydrogen) atoms. The fraction of sp³-hybridized carbons (Fsp3) is 0.424. The van der Waals surface area contributed by atoms with Gasteiger partial charge in [-0.3, -0.25) is 9.78 Å². The van der Waals surface area contributed by atoms with Crippen LogP contribution in [-0.2, 0) is 35.5 Å². The third-order valence-corrected chi connectivity index (χ3v) is 8.01. The molecule has 1 heterocycles. The van der Waals surface area contributed by atoms with Crippen molar-refractivity contribution in [2.24, 2.45) is 0 Å². The lowest BCUT2D eigenvalue weighted by molar-refractivity contribution is -0.461. The van der Waals surface area contributed by atoms with Crippen LogP contribution in [0.3, 0.4) is 0 Å². The van der Waals surface area contributed by atoms with E-state index in [4.69, 9.17) is 4.74 Å². The summed E-state index contributed by atoms with van der Waals surface area (Å²) in [5.74, 6) is -57.4. The maximum Gasteiger partial charge on any atom is 0.460 e. The number of amides is 2. The number of nitrogens with one attached hydrogen (secondary N) is 2. The average molecular weight is 836 g/mol. The molecule has 0 saturated heterocycles. The molecule has 0 aliphatic heterocycles. The second-order valence-corrected chi connectivity index (χ2v) is 12.0. The van der Waals surface area contributed by atoms with Crippen LogP contribution in [0.2, 0.25) is 0 Å². The van der Waals surface area contributed by atoms with Crippen LogP contribution >= 0.6 is 0 Å². The van der Waals surface area contributed by atoms with Gasteiger partial charge in [0.25, 0.3) is 0 Å². The van der Waals surface area contributed by atoms with Gasteiger partial charge >= 0.3 is 53.7 Å². The number of pyridine rings is 1. The monoisotopic (exact) mass is 835 g/mol. The lowest BCUT2D eigenvalue weighted by Gasteiger charge is -2.42. The number of aryl methyl sites for hydroxylation is 1. The van der Waals surface area contributed by atoms with E-state index in [1.165, 1.54) is 12.4 Å². The van der Waals surface area contributed by atoms with E-state index in [1.807, 2.05) is 0 Å². The smallest absolute Gasteiger partial charge is 0.445 e. The summed E-state index contributed by atoms with van der Waals surface area (Å²) in [4.78, 5) is 29.3. The molecule has 23 heteroatoms. The van der Waals surface area contributed by atoms with Gasteiger partial charge < -0.3 is 15.4 Å². The highest BCUT2D eigenvalue weighted by atomic mass is 19.4. The zero-order valence-electron chi connectivity index (χ0n) is 27.7. The van der Waals surface area contributed by atoms with E-state index in [0.29, 0.717) is 11.1 Å². The Labute approximate surface area is 304 Å². The van der Waals surface area contributed by atoms with Gasteiger partial charge in [-0.1, -0.05) is 54.6 Å². The lowest BCUT2D eigenvalue weighted by atomic mass is 9.87. The maximum atomic E-state index is 14.3. The third kappa shape index (κ3) is 9.06. The number of hydrogen-bond acceptors (Lipinski definition) is 4. The maximum absolute atomic E-state index is 14.3. The Morgan fingerprint density at radius 2 is 1.05 bits per heavy atom. The first-order chi connectivity index (χ1) is 25.5. The van der Waals surface area contributed by atoms with Crippen molar-refractivity contribution in [3.8, 4) is 0 Å². The van der Waals surface area contributed by atoms with Crippen LogP contribution < -0.4 is 10.6 Å². The number of carbonyl (C=O) groups is 2. The molecule has 310 valence electrons. The molecular formula is C33H26F17N3O3. The van der Waals surface area contributed by atoms with Gasteiger partial charge in [-0.05, 0) is 40.8 Å². The molecule has 0 aliphatic rings. The average Bonchev–Trinajstić information content (AvgIpc) is 3.12. The van der Waals surface area contributed by atoms with Gasteiger partial charge in [0.15, 0.2) is 0 Å². The summed E-state index contributed by atoms with van der Waals surface area (Å²) >= 11 is 0. The number of rotatable bonds is 17. The predicted molar refractivity (Wildman–Crippen MR) is 159 cm³/mol. The number of ether oxygens (including phenoxy) is 1. The highest BCUT2D eigenvalue weighted by Gasteiger charge is 2.95. The molecule has 0 bridgehead atoms. The first-order valence-corrected chi connectivity index (χ1v) is 15.5. The fourth-order valence-electron chi connectivity index (χ4n) is 4.66. The number of alkyl carbamates (subject to hydrolysis) is 1. The summed E-state index contributed by atoms with van der Waals surface area (Å²) < 4.78 is 235. The van der Waals surface area contributed by atoms with Crippen molar-refractivity contribution in [3.63, 3.8) is 0 Å². The standard InChI is InChI=1S/C33H26F17N3O3/c34-26(35,27(36,37)28(38,39)29(40,41)30(42,43)31(44,45)32(46,47)33(48,49)50)13-10-19-6-8-22(9-7-19)18-56-25(55)53-23(16-20-4-2-1-3-5-20)24(54)52-17-21-11-14-51-15-12-21/h1-9,11-12,14-15,23H,10,13,16-18H2,(H,52,54)(H,53,55)/t23-/m0/s1. The van der Waals surface area contributed by atoms with Crippen LogP contribution in [0.1, 0.15) is 28.7 Å². The molecule has 0 unspecified atom stereocenters. The summed E-state index contributed by atoms with van der Waals surface area (Å²) in [6.07, 6.45) is -10.1. The molecule has 0 aliphatic carbocycles. The van der Waals surface area contributed by atoms with Crippen molar-refractivity contribution < 1.29 is 89.0 Å². The van der Waals surface area contributed by atoms with Crippen LogP contribution in [0.15, 0.2) is 79.1 Å². The normalized spacial score (nSPS) is 14.2. The molecule has 1 atom stereocenters. The topological polar surface area (TPSA) is 80.3 Å². The van der Waals surface area contributed by atoms with E-state index >= 15 is 0 Å². The lowest BCUT2D eigenvalue weighted by Crippen LogP contribution is -2.74. The Morgan fingerprint density at radius 3 is 1.57 bits per heavy atom. The van der Waals surface area contributed by atoms with Crippen molar-refractivity contribution in [2.45, 2.75) is 86.1 Å². The molecule has 2 aromatic carbocycles. The van der Waals surface area contributed by atoms with E-state index in [0.717, 1.165) is 24.3 Å². The second-order valence-electron chi connectivity index (χ2n) is 12.0. The van der Waals surface area contributed by atoms with Crippen molar-refractivity contribution in [3.05, 3.63) is 101 Å². The summed E-state index contributed by atoms with van der Waals surface area (Å²) in [7, 11) is 0. The van der Waals surface area contributed by atoms with Crippen LogP contribution in [0.4, 0.5) is 79.4 Å². The molecule has 1 aromatic heterocycles. The molecule has 3 rings (SSSR count). The van der Waals surface area contributed by atoms with Crippen LogP contribution in [0, 0.1) is 0 Å². The first-order valence-electron chi connectivity index (χ1n) is 15.5. The number of nitrogens with zero attached hydrogens (tertiary/aromatic N) is 1. The summed E-state index contributed by atoms with van der Waals surface area (Å²) in [5.41, 5.74) is 0.894. The SMILES string of the molecule is O=C(N[C@@H](Cc1ccccc1)C(=O)NCc1ccncc1)OCc1ccc(CCC(F)(F)C(F)(F)C(F)(F)C(F)(F)C(F)(F)C(F)(F)C(F)(F)C(F)(F)F)cc1. The molecule has 6 nitrogen and oxygen atoms in total. The molecule has 0 spiro atoms. The molecule has 0 radical (unpaired) electrons. The van der Waals surface area contributed by atoms with Gasteiger partial charge in [0.05, 0.1) is 0 Å². The van der Waals surface area contributed by atoms with E-state index in [1.54, 1.807) is 42.5 Å². The van der Waals surface area contributed by atoms with E-state index < -0.39 is 90.7 Å². The first kappa shape index (κ1) is 45.5. The number of hydrogen-bond donors (Lipinski definition) is 2. The van der Waals surface area contributed by atoms with Gasteiger partial charge in [0, 0.05) is 31.8 Å². The number of halogens is 17. The number of aromatic nitrogens is 1. The molecule has 2 N–H and O–H groups in total. The summed E-state index contributed by atoms with van der Waals surface area (Å²) in [6, 6.07) is 14.1. The van der Waals surface area contributed by atoms with Gasteiger partial charge in [0.1, 0.15) is 12.6 Å². The van der Waals surface area contributed by atoms with E-state index in [9.17, 15) is 84.2 Å². The highest BCUT2D eigenvalue weighted by Crippen LogP contribution is 2.64. The largest absolute Gasteiger partial charge is 0.460 e. The number of alkyl halides is 17. The van der Waals surface area contributed by atoms with E-state index in [-0.39, 0.29) is 18.5 Å². The molecule has 0 saturated carbocycles. The fourth-order valence-corrected chi connectivity index (χ4v) is 4.66. The Hall–Kier alpha value is -4.86. The highest BCUT2D eigenvalue weighted by molar-refractivity contribution is 5.85. The molecule has 0 fully saturated rings. The minimum absolute atomic E-state index is 0.00295. The van der Waals surface area contributed by atoms with Gasteiger partial charge in [0.2, 0.25) is 5.91 Å². The predicted octanol–water partition coefficient (Wildman–Crippen LogP) is 9.18. The third-order valence-electron chi connectivity index (χ3n) is 8.01. The Morgan fingerprint density at radius 1 is 0.571 bits per heavy atom. The Bertz CT molecular complexity index is 1770. The van der Waals surface area contributed by atoms with Gasteiger partial charge in [-0.2, -0.15) is 74.6 Å². The summed E-state index contributed by atoms with van der Waals surface area (Å²) in [5, 5.41) is 4.99. The Kier molecular flexibility index (Phi) is 13.3. The number of carbonyl (C=O) groups excluding carboxylic acids is 2. The molecule has 3 aromatic rings. The number of benzene rings is 2. The van der Waals surface area contributed by atoms with Crippen molar-refractivity contribution in [1.82, 2.24) is 15.6 Å². The van der Waals surface area contributed by atoms with Crippen LogP contribution in [-0.4, -0.2) is 70.7 Å². The van der Waals surface area contributed by atoms with Gasteiger partial charge in [-0.15, -0.1) is 0 Å². The van der Waals surface area contributed by atoms with Gasteiger partial charge in [-0.25, -0.2) is 4.79 Å².